The van der Waals surface area contributed by atoms with Crippen molar-refractivity contribution in [3.05, 3.63) is 12.7 Å². The topological polar surface area (TPSA) is 26.3 Å². The number of carbonyl (C=O) groups excluding carboxylic acids is 1. The molecule has 2 heteroatoms. The molecule has 0 fully saturated rings. The lowest BCUT2D eigenvalue weighted by Gasteiger charge is -2.01. The molecule has 0 aliphatic heterocycles. The predicted molar refractivity (Wildman–Crippen MR) is 71.5 cm³/mol. The summed E-state index contributed by atoms with van der Waals surface area (Å²) < 4.78 is 4.86. The van der Waals surface area contributed by atoms with Crippen molar-refractivity contribution in [2.24, 2.45) is 0 Å². The number of unbranched alkanes of at least 4 members (excludes halogenated alkanes) is 6. The fourth-order valence-electron chi connectivity index (χ4n) is 1.47. The summed E-state index contributed by atoms with van der Waals surface area (Å²) in [4.78, 5) is 10.5. The SMILES string of the molecule is C=CCC#CCCCCCCCCOC(C)=O. The average Bonchev–Trinajstić information content (AvgIpc) is 2.30. The van der Waals surface area contributed by atoms with E-state index in [2.05, 4.69) is 18.4 Å². The van der Waals surface area contributed by atoms with Gasteiger partial charge in [0.1, 0.15) is 0 Å². The highest BCUT2D eigenvalue weighted by Crippen LogP contribution is 2.06. The summed E-state index contributed by atoms with van der Waals surface area (Å²) in [5.41, 5.74) is 0. The molecule has 96 valence electrons. The summed E-state index contributed by atoms with van der Waals surface area (Å²) in [6, 6.07) is 0. The minimum Gasteiger partial charge on any atom is -0.466 e. The molecule has 0 saturated carbocycles. The summed E-state index contributed by atoms with van der Waals surface area (Å²) in [6.07, 6.45) is 10.7. The van der Waals surface area contributed by atoms with Crippen LogP contribution in [-0.2, 0) is 9.53 Å². The number of allylic oxidation sites excluding steroid dienone is 1. The lowest BCUT2D eigenvalue weighted by molar-refractivity contribution is -0.141. The second kappa shape index (κ2) is 12.8. The fourth-order valence-corrected chi connectivity index (χ4v) is 1.47. The molecular weight excluding hydrogens is 212 g/mol. The van der Waals surface area contributed by atoms with E-state index in [-0.39, 0.29) is 5.97 Å². The second-order valence-electron chi connectivity index (χ2n) is 4.06. The van der Waals surface area contributed by atoms with E-state index in [0.717, 1.165) is 25.7 Å². The smallest absolute Gasteiger partial charge is 0.302 e. The Morgan fingerprint density at radius 1 is 1.12 bits per heavy atom. The van der Waals surface area contributed by atoms with Gasteiger partial charge in [-0.25, -0.2) is 0 Å². The van der Waals surface area contributed by atoms with Gasteiger partial charge in [-0.15, -0.1) is 12.5 Å². The third kappa shape index (κ3) is 14.8. The summed E-state index contributed by atoms with van der Waals surface area (Å²) in [5.74, 6) is 6.00. The summed E-state index contributed by atoms with van der Waals surface area (Å²) in [6.45, 7) is 5.64. The molecule has 0 radical (unpaired) electrons. The first-order valence-corrected chi connectivity index (χ1v) is 6.47. The molecule has 0 saturated heterocycles. The Morgan fingerprint density at radius 2 is 1.76 bits per heavy atom. The first kappa shape index (κ1) is 15.8. The molecule has 0 heterocycles. The number of rotatable bonds is 9. The third-order valence-corrected chi connectivity index (χ3v) is 2.37. The maximum Gasteiger partial charge on any atom is 0.302 e. The molecule has 0 aromatic heterocycles. The lowest BCUT2D eigenvalue weighted by atomic mass is 10.1. The number of ether oxygens (including phenoxy) is 1. The highest BCUT2D eigenvalue weighted by molar-refractivity contribution is 5.65. The first-order valence-electron chi connectivity index (χ1n) is 6.47. The van der Waals surface area contributed by atoms with Crippen molar-refractivity contribution in [3.63, 3.8) is 0 Å². The Balaban J connectivity index is 3.06. The van der Waals surface area contributed by atoms with Gasteiger partial charge in [0.2, 0.25) is 0 Å². The molecule has 0 aromatic rings. The van der Waals surface area contributed by atoms with E-state index < -0.39 is 0 Å². The van der Waals surface area contributed by atoms with Crippen LogP contribution < -0.4 is 0 Å². The van der Waals surface area contributed by atoms with Crippen molar-refractivity contribution in [1.29, 1.82) is 0 Å². The monoisotopic (exact) mass is 236 g/mol. The molecule has 0 aliphatic carbocycles. The minimum absolute atomic E-state index is 0.178. The van der Waals surface area contributed by atoms with Crippen molar-refractivity contribution in [3.8, 4) is 11.8 Å². The molecule has 0 N–H and O–H groups in total. The quantitative estimate of drug-likeness (QED) is 0.263. The Hall–Kier alpha value is -1.23. The molecular formula is C15H24O2. The largest absolute Gasteiger partial charge is 0.466 e. The Morgan fingerprint density at radius 3 is 2.41 bits per heavy atom. The minimum atomic E-state index is -0.178. The Bertz CT molecular complexity index is 258. The van der Waals surface area contributed by atoms with E-state index in [1.165, 1.54) is 32.6 Å². The van der Waals surface area contributed by atoms with Gasteiger partial charge >= 0.3 is 5.97 Å². The average molecular weight is 236 g/mol. The molecule has 2 nitrogen and oxygen atoms in total. The van der Waals surface area contributed by atoms with Crippen LogP contribution in [0.2, 0.25) is 0 Å². The van der Waals surface area contributed by atoms with Crippen molar-refractivity contribution in [2.75, 3.05) is 6.61 Å². The zero-order valence-electron chi connectivity index (χ0n) is 11.0. The van der Waals surface area contributed by atoms with E-state index in [1.54, 1.807) is 0 Å². The van der Waals surface area contributed by atoms with Gasteiger partial charge in [0.25, 0.3) is 0 Å². The zero-order valence-corrected chi connectivity index (χ0v) is 11.0. The summed E-state index contributed by atoms with van der Waals surface area (Å²) >= 11 is 0. The van der Waals surface area contributed by atoms with Crippen LogP contribution in [-0.4, -0.2) is 12.6 Å². The zero-order chi connectivity index (χ0) is 12.8. The van der Waals surface area contributed by atoms with Gasteiger partial charge in [0.15, 0.2) is 0 Å². The van der Waals surface area contributed by atoms with Gasteiger partial charge in [-0.05, 0) is 12.8 Å². The number of esters is 1. The van der Waals surface area contributed by atoms with Gasteiger partial charge in [0, 0.05) is 19.8 Å². The van der Waals surface area contributed by atoms with Crippen molar-refractivity contribution < 1.29 is 9.53 Å². The van der Waals surface area contributed by atoms with Crippen molar-refractivity contribution >= 4 is 5.97 Å². The van der Waals surface area contributed by atoms with Crippen LogP contribution in [0.1, 0.15) is 58.3 Å². The van der Waals surface area contributed by atoms with Crippen LogP contribution in [0.25, 0.3) is 0 Å². The van der Waals surface area contributed by atoms with E-state index in [0.29, 0.717) is 6.61 Å². The van der Waals surface area contributed by atoms with Crippen LogP contribution in [0.4, 0.5) is 0 Å². The molecule has 0 bridgehead atoms. The maximum atomic E-state index is 10.5. The molecule has 0 unspecified atom stereocenters. The first-order chi connectivity index (χ1) is 8.27. The number of hydrogen-bond donors (Lipinski definition) is 0. The van der Waals surface area contributed by atoms with E-state index in [1.807, 2.05) is 6.08 Å². The van der Waals surface area contributed by atoms with Gasteiger partial charge in [-0.3, -0.25) is 4.79 Å². The Labute approximate surface area is 105 Å². The highest BCUT2D eigenvalue weighted by Gasteiger charge is 1.93. The molecule has 0 aliphatic rings. The van der Waals surface area contributed by atoms with Gasteiger partial charge in [-0.2, -0.15) is 0 Å². The lowest BCUT2D eigenvalue weighted by Crippen LogP contribution is -1.99. The van der Waals surface area contributed by atoms with Gasteiger partial charge < -0.3 is 4.74 Å². The van der Waals surface area contributed by atoms with Gasteiger partial charge in [0.05, 0.1) is 6.61 Å². The van der Waals surface area contributed by atoms with Crippen LogP contribution in [0, 0.1) is 11.8 Å². The molecule has 0 spiro atoms. The molecule has 0 aromatic carbocycles. The number of hydrogen-bond acceptors (Lipinski definition) is 2. The van der Waals surface area contributed by atoms with E-state index in [4.69, 9.17) is 4.74 Å². The molecule has 0 atom stereocenters. The standard InChI is InChI=1S/C15H24O2/c1-3-4-5-6-7-8-9-10-11-12-13-14-17-15(2)16/h3H,1,4,7-14H2,2H3. The van der Waals surface area contributed by atoms with E-state index >= 15 is 0 Å². The van der Waals surface area contributed by atoms with Crippen molar-refractivity contribution in [2.45, 2.75) is 58.3 Å². The van der Waals surface area contributed by atoms with Crippen molar-refractivity contribution in [1.82, 2.24) is 0 Å². The summed E-state index contributed by atoms with van der Waals surface area (Å²) in [7, 11) is 0. The fraction of sp³-hybridized carbons (Fsp3) is 0.667. The van der Waals surface area contributed by atoms with E-state index in [9.17, 15) is 4.79 Å². The van der Waals surface area contributed by atoms with Gasteiger partial charge in [-0.1, -0.05) is 37.7 Å². The Kier molecular flexibility index (Phi) is 11.9. The molecule has 17 heavy (non-hydrogen) atoms. The highest BCUT2D eigenvalue weighted by atomic mass is 16.5. The van der Waals surface area contributed by atoms with Crippen LogP contribution in [0.15, 0.2) is 12.7 Å². The van der Waals surface area contributed by atoms with Crippen LogP contribution in [0.3, 0.4) is 0 Å². The predicted octanol–water partition coefficient (Wildman–Crippen LogP) is 3.86. The third-order valence-electron chi connectivity index (χ3n) is 2.37. The van der Waals surface area contributed by atoms with Crippen LogP contribution in [0.5, 0.6) is 0 Å². The number of carbonyl (C=O) groups is 1. The normalized spacial score (nSPS) is 9.24. The molecule has 0 amide bonds. The van der Waals surface area contributed by atoms with Crippen LogP contribution >= 0.6 is 0 Å². The second-order valence-corrected chi connectivity index (χ2v) is 4.06. The molecule has 0 rings (SSSR count). The summed E-state index contributed by atoms with van der Waals surface area (Å²) in [5, 5.41) is 0. The maximum absolute atomic E-state index is 10.5.